The number of nitrogens with zero attached hydrogens (tertiary/aromatic N) is 2. The average molecular weight is 947 g/mol. The van der Waals surface area contributed by atoms with E-state index in [1.54, 1.807) is 0 Å². The van der Waals surface area contributed by atoms with E-state index >= 15 is 0 Å². The number of anilines is 6. The summed E-state index contributed by atoms with van der Waals surface area (Å²) in [5.41, 5.74) is 22.0. The molecule has 1 aliphatic carbocycles. The van der Waals surface area contributed by atoms with Crippen molar-refractivity contribution < 1.29 is 8.83 Å². The van der Waals surface area contributed by atoms with Crippen LogP contribution in [0.4, 0.5) is 34.1 Å². The summed E-state index contributed by atoms with van der Waals surface area (Å²) in [6.07, 6.45) is 0. The van der Waals surface area contributed by atoms with Gasteiger partial charge in [-0.2, -0.15) is 0 Å². The number of hydrogen-bond acceptors (Lipinski definition) is 4. The van der Waals surface area contributed by atoms with Gasteiger partial charge in [-0.1, -0.05) is 146 Å². The molecule has 0 aliphatic heterocycles. The van der Waals surface area contributed by atoms with Crippen molar-refractivity contribution in [1.29, 1.82) is 0 Å². The second-order valence-corrected chi connectivity index (χ2v) is 19.8. The van der Waals surface area contributed by atoms with Gasteiger partial charge in [0.1, 0.15) is 22.3 Å². The second-order valence-electron chi connectivity index (χ2n) is 19.8. The molecule has 0 spiro atoms. The molecule has 0 saturated carbocycles. The van der Waals surface area contributed by atoms with Crippen molar-refractivity contribution in [3.05, 3.63) is 254 Å². The van der Waals surface area contributed by atoms with E-state index in [0.29, 0.717) is 0 Å². The predicted octanol–water partition coefficient (Wildman–Crippen LogP) is 20.3. The average Bonchev–Trinajstić information content (AvgIpc) is 4.05. The van der Waals surface area contributed by atoms with Crippen LogP contribution in [0.15, 0.2) is 251 Å². The molecule has 0 saturated heterocycles. The number of hydrogen-bond donors (Lipinski definition) is 0. The molecule has 0 fully saturated rings. The minimum Gasteiger partial charge on any atom is -0.455 e. The van der Waals surface area contributed by atoms with Gasteiger partial charge in [0, 0.05) is 78.9 Å². The van der Waals surface area contributed by atoms with Crippen LogP contribution >= 0.6 is 0 Å². The van der Waals surface area contributed by atoms with E-state index in [4.69, 9.17) is 8.83 Å². The molecule has 0 radical (unpaired) electrons. The van der Waals surface area contributed by atoms with Gasteiger partial charge < -0.3 is 18.6 Å². The number of para-hydroxylation sites is 4. The molecule has 4 nitrogen and oxygen atoms in total. The maximum Gasteiger partial charge on any atom is 0.143 e. The van der Waals surface area contributed by atoms with Gasteiger partial charge in [-0.3, -0.25) is 0 Å². The third-order valence-electron chi connectivity index (χ3n) is 15.4. The van der Waals surface area contributed by atoms with E-state index in [0.717, 1.165) is 100 Å². The molecule has 0 bridgehead atoms. The van der Waals surface area contributed by atoms with Crippen LogP contribution in [0, 0.1) is 13.8 Å². The Hall–Kier alpha value is -9.64. The Balaban J connectivity index is 0.815. The molecule has 348 valence electrons. The predicted molar refractivity (Wildman–Crippen MR) is 310 cm³/mol. The number of benzene rings is 12. The lowest BCUT2D eigenvalue weighted by atomic mass is 9.78. The van der Waals surface area contributed by atoms with Gasteiger partial charge in [0.05, 0.1) is 0 Å². The first-order valence-corrected chi connectivity index (χ1v) is 25.4. The third-order valence-corrected chi connectivity index (χ3v) is 15.4. The summed E-state index contributed by atoms with van der Waals surface area (Å²) in [4.78, 5) is 4.74. The summed E-state index contributed by atoms with van der Waals surface area (Å²) in [7, 11) is 0. The Morgan fingerprint density at radius 2 is 0.649 bits per heavy atom. The van der Waals surface area contributed by atoms with Crippen molar-refractivity contribution in [3.8, 4) is 44.5 Å². The molecule has 0 N–H and O–H groups in total. The highest BCUT2D eigenvalue weighted by Crippen LogP contribution is 2.52. The van der Waals surface area contributed by atoms with E-state index in [2.05, 4.69) is 266 Å². The van der Waals surface area contributed by atoms with Crippen molar-refractivity contribution in [2.24, 2.45) is 0 Å². The molecular weight excluding hydrogens is 901 g/mol. The van der Waals surface area contributed by atoms with Gasteiger partial charge in [0.2, 0.25) is 0 Å². The van der Waals surface area contributed by atoms with Gasteiger partial charge in [0.15, 0.2) is 0 Å². The molecule has 12 aromatic carbocycles. The summed E-state index contributed by atoms with van der Waals surface area (Å²) in [5, 5.41) is 9.26. The maximum absolute atomic E-state index is 6.78. The Kier molecular flexibility index (Phi) is 9.36. The van der Waals surface area contributed by atoms with Gasteiger partial charge in [-0.25, -0.2) is 0 Å². The fraction of sp³-hybridized carbons (Fsp3) is 0.0286. The van der Waals surface area contributed by atoms with E-state index in [-0.39, 0.29) is 0 Å². The maximum atomic E-state index is 6.78. The van der Waals surface area contributed by atoms with Crippen LogP contribution < -0.4 is 9.80 Å². The molecule has 2 heterocycles. The second kappa shape index (κ2) is 16.5. The van der Waals surface area contributed by atoms with Crippen LogP contribution in [0.1, 0.15) is 11.1 Å². The highest BCUT2D eigenvalue weighted by molar-refractivity contribution is 6.14. The molecule has 2 aromatic heterocycles. The normalized spacial score (nSPS) is 11.9. The standard InChI is InChI=1S/C70H46N2O2/c1-43-15-9-11-25-65(43)71(53-31-33-57-59-23-13-21-55(45-17-5-3-6-18-45)69(59)73-67(57)41-53)51-29-27-47-37-61-62-38-48-28-30-52(36-50(48)40-64(62)63(61)39-49(47)35-51)72(66-26-12-10-16-44(66)2)54-32-34-58-60-24-14-22-56(46-19-7-4-8-20-46)70(60)74-68(58)42-54/h3-42H,1-2H3. The molecular formula is C70H46N2O2. The number of fused-ring (bicyclic) bond motifs is 12. The van der Waals surface area contributed by atoms with Crippen molar-refractivity contribution in [2.75, 3.05) is 9.80 Å². The lowest BCUT2D eigenvalue weighted by Crippen LogP contribution is -2.11. The van der Waals surface area contributed by atoms with Crippen LogP contribution in [0.5, 0.6) is 0 Å². The smallest absolute Gasteiger partial charge is 0.143 e. The Morgan fingerprint density at radius 1 is 0.270 bits per heavy atom. The van der Waals surface area contributed by atoms with Crippen LogP contribution in [0.3, 0.4) is 0 Å². The number of furan rings is 2. The zero-order valence-electron chi connectivity index (χ0n) is 40.8. The van der Waals surface area contributed by atoms with E-state index in [9.17, 15) is 0 Å². The van der Waals surface area contributed by atoms with Crippen LogP contribution in [-0.4, -0.2) is 0 Å². The van der Waals surface area contributed by atoms with Crippen LogP contribution in [-0.2, 0) is 0 Å². The fourth-order valence-corrected chi connectivity index (χ4v) is 11.7. The first kappa shape index (κ1) is 42.1. The lowest BCUT2D eigenvalue weighted by molar-refractivity contribution is 0.669. The van der Waals surface area contributed by atoms with E-state index in [1.165, 1.54) is 54.9 Å². The molecule has 0 unspecified atom stereocenters. The van der Waals surface area contributed by atoms with Gasteiger partial charge in [0.25, 0.3) is 0 Å². The van der Waals surface area contributed by atoms with Crippen molar-refractivity contribution in [2.45, 2.75) is 13.8 Å². The summed E-state index contributed by atoms with van der Waals surface area (Å²) >= 11 is 0. The highest BCUT2D eigenvalue weighted by atomic mass is 16.3. The zero-order valence-corrected chi connectivity index (χ0v) is 40.8. The van der Waals surface area contributed by atoms with Crippen LogP contribution in [0.25, 0.3) is 110 Å². The van der Waals surface area contributed by atoms with E-state index in [1.807, 2.05) is 0 Å². The number of aryl methyl sites for hydroxylation is 2. The molecule has 14 aromatic rings. The number of rotatable bonds is 8. The lowest BCUT2D eigenvalue weighted by Gasteiger charge is -2.29. The molecule has 15 rings (SSSR count). The highest BCUT2D eigenvalue weighted by Gasteiger charge is 2.26. The van der Waals surface area contributed by atoms with Crippen molar-refractivity contribution in [3.63, 3.8) is 0 Å². The first-order chi connectivity index (χ1) is 36.5. The summed E-state index contributed by atoms with van der Waals surface area (Å²) < 4.78 is 13.6. The molecule has 74 heavy (non-hydrogen) atoms. The molecule has 4 heteroatoms. The summed E-state index contributed by atoms with van der Waals surface area (Å²) in [6, 6.07) is 87.7. The molecule has 1 aliphatic rings. The first-order valence-electron chi connectivity index (χ1n) is 25.4. The van der Waals surface area contributed by atoms with E-state index < -0.39 is 0 Å². The molecule has 0 atom stereocenters. The van der Waals surface area contributed by atoms with Gasteiger partial charge in [-0.15, -0.1) is 0 Å². The van der Waals surface area contributed by atoms with Gasteiger partial charge >= 0.3 is 0 Å². The third kappa shape index (κ3) is 6.62. The quantitative estimate of drug-likeness (QED) is 0.152. The SMILES string of the molecule is Cc1ccccc1N(c1ccc2cc3c(cc2c1)-c1cc2cc(N(c4ccc5c(c4)oc4c(-c6ccccc6)cccc45)c4ccccc4C)ccc2cc1-3)c1ccc2c(c1)oc1c(-c3ccccc3)cccc12. The minimum atomic E-state index is 0.862. The minimum absolute atomic E-state index is 0.862. The zero-order chi connectivity index (χ0) is 49.0. The Labute approximate surface area is 428 Å². The summed E-state index contributed by atoms with van der Waals surface area (Å²) in [6.45, 7) is 4.37. The molecule has 0 amide bonds. The Bertz CT molecular complexity index is 4290. The van der Waals surface area contributed by atoms with Crippen molar-refractivity contribution in [1.82, 2.24) is 0 Å². The van der Waals surface area contributed by atoms with Crippen molar-refractivity contribution >= 4 is 99.5 Å². The monoisotopic (exact) mass is 946 g/mol. The Morgan fingerprint density at radius 3 is 1.08 bits per heavy atom. The van der Waals surface area contributed by atoms with Gasteiger partial charge in [-0.05, 0) is 165 Å². The van der Waals surface area contributed by atoms with Crippen LogP contribution in [0.2, 0.25) is 0 Å². The fourth-order valence-electron chi connectivity index (χ4n) is 11.7. The largest absolute Gasteiger partial charge is 0.455 e. The topological polar surface area (TPSA) is 32.8 Å². The summed E-state index contributed by atoms with van der Waals surface area (Å²) in [5.74, 6) is 0.